The van der Waals surface area contributed by atoms with Gasteiger partial charge in [-0.25, -0.2) is 0 Å². The Balaban J connectivity index is 1.55. The highest BCUT2D eigenvalue weighted by atomic mass is 16.5. The van der Waals surface area contributed by atoms with E-state index in [2.05, 4.69) is 44.2 Å². The number of hydrogen-bond donors (Lipinski definition) is 1. The molecule has 2 unspecified atom stereocenters. The zero-order valence-corrected chi connectivity index (χ0v) is 15.8. The molecule has 4 nitrogen and oxygen atoms in total. The fourth-order valence-corrected chi connectivity index (χ4v) is 4.37. The van der Waals surface area contributed by atoms with Gasteiger partial charge in [0, 0.05) is 31.5 Å². The minimum atomic E-state index is -0.779. The van der Waals surface area contributed by atoms with Crippen molar-refractivity contribution in [3.8, 4) is 0 Å². The van der Waals surface area contributed by atoms with Crippen molar-refractivity contribution in [3.63, 3.8) is 0 Å². The van der Waals surface area contributed by atoms with Gasteiger partial charge in [0.1, 0.15) is 5.54 Å². The lowest BCUT2D eigenvalue weighted by Gasteiger charge is -2.59. The summed E-state index contributed by atoms with van der Waals surface area (Å²) in [7, 11) is 0. The molecular formula is C21H32N2O2. The predicted molar refractivity (Wildman–Crippen MR) is 100 cm³/mol. The first-order chi connectivity index (χ1) is 11.9. The topological polar surface area (TPSA) is 55.6 Å². The van der Waals surface area contributed by atoms with E-state index in [0.717, 1.165) is 32.4 Å². The Labute approximate surface area is 151 Å². The van der Waals surface area contributed by atoms with Crippen LogP contribution in [0.1, 0.15) is 45.6 Å². The molecule has 0 aromatic heterocycles. The van der Waals surface area contributed by atoms with Crippen LogP contribution in [0.5, 0.6) is 0 Å². The molecule has 0 radical (unpaired) electrons. The number of carbonyl (C=O) groups is 1. The second kappa shape index (κ2) is 7.08. The van der Waals surface area contributed by atoms with Crippen molar-refractivity contribution in [2.75, 3.05) is 19.7 Å². The number of rotatable bonds is 5. The molecule has 1 aromatic rings. The summed E-state index contributed by atoms with van der Waals surface area (Å²) in [5, 5.41) is 0. The summed E-state index contributed by atoms with van der Waals surface area (Å²) in [5.41, 5.74) is 6.87. The van der Waals surface area contributed by atoms with E-state index in [-0.39, 0.29) is 17.4 Å². The van der Waals surface area contributed by atoms with Crippen LogP contribution >= 0.6 is 0 Å². The first-order valence-corrected chi connectivity index (χ1v) is 9.62. The fraction of sp³-hybridized carbons (Fsp3) is 0.667. The second-order valence-corrected chi connectivity index (χ2v) is 8.27. The van der Waals surface area contributed by atoms with Gasteiger partial charge in [-0.1, -0.05) is 44.2 Å². The van der Waals surface area contributed by atoms with Crippen LogP contribution in [0.25, 0.3) is 0 Å². The number of nitrogens with two attached hydrogens (primary N) is 1. The van der Waals surface area contributed by atoms with Crippen LogP contribution in [-0.4, -0.2) is 42.1 Å². The monoisotopic (exact) mass is 344 g/mol. The van der Waals surface area contributed by atoms with Crippen molar-refractivity contribution in [2.24, 2.45) is 17.1 Å². The van der Waals surface area contributed by atoms with E-state index in [1.54, 1.807) is 0 Å². The summed E-state index contributed by atoms with van der Waals surface area (Å²) in [6.45, 7) is 8.44. The highest BCUT2D eigenvalue weighted by Crippen LogP contribution is 2.50. The fourth-order valence-electron chi connectivity index (χ4n) is 4.37. The lowest BCUT2D eigenvalue weighted by molar-refractivity contribution is -0.180. The van der Waals surface area contributed by atoms with Gasteiger partial charge in [0.15, 0.2) is 0 Å². The Morgan fingerprint density at radius 1 is 1.24 bits per heavy atom. The normalized spacial score (nSPS) is 29.3. The van der Waals surface area contributed by atoms with Crippen molar-refractivity contribution in [3.05, 3.63) is 35.9 Å². The highest BCUT2D eigenvalue weighted by molar-refractivity contribution is 5.89. The Kier molecular flexibility index (Phi) is 5.21. The Bertz CT molecular complexity index is 593. The molecule has 1 heterocycles. The molecule has 1 saturated carbocycles. The third-order valence-electron chi connectivity index (χ3n) is 6.48. The van der Waals surface area contributed by atoms with Gasteiger partial charge in [-0.3, -0.25) is 4.79 Å². The summed E-state index contributed by atoms with van der Waals surface area (Å²) in [5.74, 6) is 0.775. The molecule has 4 heteroatoms. The number of hydrogen-bond acceptors (Lipinski definition) is 3. The quantitative estimate of drug-likeness (QED) is 0.893. The number of amides is 1. The average Bonchev–Trinajstić information content (AvgIpc) is 2.62. The van der Waals surface area contributed by atoms with Crippen molar-refractivity contribution in [1.29, 1.82) is 0 Å². The molecule has 0 spiro atoms. The maximum atomic E-state index is 13.1. The van der Waals surface area contributed by atoms with E-state index in [1.807, 2.05) is 11.8 Å². The largest absolute Gasteiger partial charge is 0.378 e. The van der Waals surface area contributed by atoms with E-state index in [4.69, 9.17) is 10.5 Å². The Morgan fingerprint density at radius 3 is 2.44 bits per heavy atom. The van der Waals surface area contributed by atoms with Gasteiger partial charge >= 0.3 is 0 Å². The molecule has 1 amide bonds. The van der Waals surface area contributed by atoms with Crippen LogP contribution in [-0.2, 0) is 16.0 Å². The van der Waals surface area contributed by atoms with Crippen LogP contribution in [0.3, 0.4) is 0 Å². The SMILES string of the molecule is CCOC1CC(N)(C(=O)N2CCC(Cc3ccccc3)CC2)C1(C)C. The summed E-state index contributed by atoms with van der Waals surface area (Å²) in [6.07, 6.45) is 3.95. The zero-order valence-electron chi connectivity index (χ0n) is 15.8. The van der Waals surface area contributed by atoms with Crippen LogP contribution in [0.15, 0.2) is 30.3 Å². The molecule has 0 bridgehead atoms. The lowest BCUT2D eigenvalue weighted by Crippen LogP contribution is -2.76. The Hall–Kier alpha value is -1.39. The molecule has 1 saturated heterocycles. The first kappa shape index (κ1) is 18.4. The number of nitrogens with zero attached hydrogens (tertiary/aromatic N) is 1. The van der Waals surface area contributed by atoms with Crippen molar-refractivity contribution < 1.29 is 9.53 Å². The second-order valence-electron chi connectivity index (χ2n) is 8.27. The summed E-state index contributed by atoms with van der Waals surface area (Å²) in [6, 6.07) is 10.6. The molecule has 1 aliphatic carbocycles. The summed E-state index contributed by atoms with van der Waals surface area (Å²) >= 11 is 0. The predicted octanol–water partition coefficient (Wildman–Crippen LogP) is 3.00. The molecule has 2 fully saturated rings. The smallest absolute Gasteiger partial charge is 0.243 e. The van der Waals surface area contributed by atoms with E-state index in [0.29, 0.717) is 18.9 Å². The van der Waals surface area contributed by atoms with Crippen molar-refractivity contribution in [1.82, 2.24) is 4.90 Å². The van der Waals surface area contributed by atoms with Gasteiger partial charge in [-0.2, -0.15) is 0 Å². The Morgan fingerprint density at radius 2 is 1.88 bits per heavy atom. The van der Waals surface area contributed by atoms with Gasteiger partial charge in [-0.05, 0) is 37.7 Å². The number of ether oxygens (including phenoxy) is 1. The van der Waals surface area contributed by atoms with E-state index in [9.17, 15) is 4.79 Å². The van der Waals surface area contributed by atoms with Crippen molar-refractivity contribution >= 4 is 5.91 Å². The molecule has 2 aliphatic rings. The van der Waals surface area contributed by atoms with Crippen LogP contribution < -0.4 is 5.73 Å². The number of piperidine rings is 1. The molecule has 1 aliphatic heterocycles. The minimum Gasteiger partial charge on any atom is -0.378 e. The molecule has 1 aromatic carbocycles. The molecule has 2 atom stereocenters. The molecule has 25 heavy (non-hydrogen) atoms. The molecule has 138 valence electrons. The maximum absolute atomic E-state index is 13.1. The van der Waals surface area contributed by atoms with E-state index >= 15 is 0 Å². The molecular weight excluding hydrogens is 312 g/mol. The molecule has 3 rings (SSSR count). The third kappa shape index (κ3) is 3.34. The van der Waals surface area contributed by atoms with Gasteiger partial charge in [-0.15, -0.1) is 0 Å². The maximum Gasteiger partial charge on any atom is 0.243 e. The molecule has 2 N–H and O–H groups in total. The van der Waals surface area contributed by atoms with Gasteiger partial charge in [0.25, 0.3) is 0 Å². The van der Waals surface area contributed by atoms with E-state index in [1.165, 1.54) is 5.56 Å². The number of likely N-dealkylation sites (tertiary alicyclic amines) is 1. The standard InChI is InChI=1S/C21H32N2O2/c1-4-25-18-15-21(22,20(18,2)3)19(24)23-12-10-17(11-13-23)14-16-8-6-5-7-9-16/h5-9,17-18H,4,10-15,22H2,1-3H3. The first-order valence-electron chi connectivity index (χ1n) is 9.62. The van der Waals surface area contributed by atoms with Crippen LogP contribution in [0.2, 0.25) is 0 Å². The van der Waals surface area contributed by atoms with Gasteiger partial charge in [0.2, 0.25) is 5.91 Å². The third-order valence-corrected chi connectivity index (χ3v) is 6.48. The van der Waals surface area contributed by atoms with Crippen LogP contribution in [0, 0.1) is 11.3 Å². The average molecular weight is 344 g/mol. The number of carbonyl (C=O) groups excluding carboxylic acids is 1. The van der Waals surface area contributed by atoms with Gasteiger partial charge < -0.3 is 15.4 Å². The van der Waals surface area contributed by atoms with Gasteiger partial charge in [0.05, 0.1) is 6.10 Å². The zero-order chi connectivity index (χ0) is 18.1. The van der Waals surface area contributed by atoms with E-state index < -0.39 is 5.54 Å². The minimum absolute atomic E-state index is 0.0852. The lowest BCUT2D eigenvalue weighted by atomic mass is 9.54. The van der Waals surface area contributed by atoms with Crippen LogP contribution in [0.4, 0.5) is 0 Å². The summed E-state index contributed by atoms with van der Waals surface area (Å²) in [4.78, 5) is 15.1. The summed E-state index contributed by atoms with van der Waals surface area (Å²) < 4.78 is 5.76. The highest BCUT2D eigenvalue weighted by Gasteiger charge is 2.63. The number of benzene rings is 1. The van der Waals surface area contributed by atoms with Crippen molar-refractivity contribution in [2.45, 2.75) is 58.1 Å².